The number of fused-ring (bicyclic) bond motifs is 9. The molecule has 0 spiro atoms. The maximum atomic E-state index is 10.3. The van der Waals surface area contributed by atoms with Gasteiger partial charge in [0.2, 0.25) is 0 Å². The highest BCUT2D eigenvalue weighted by atomic mass is 16.3. The van der Waals surface area contributed by atoms with E-state index in [9.17, 15) is 5.11 Å². The zero-order valence-electron chi connectivity index (χ0n) is 19.2. The Morgan fingerprint density at radius 3 is 2.66 bits per heavy atom. The molecular formula is C27H43NO. The molecule has 2 heteroatoms. The first kappa shape index (κ1) is 19.4. The van der Waals surface area contributed by atoms with Crippen molar-refractivity contribution in [1.29, 1.82) is 0 Å². The van der Waals surface area contributed by atoms with Gasteiger partial charge in [0.05, 0.1) is 6.10 Å². The van der Waals surface area contributed by atoms with Crippen molar-refractivity contribution in [3.8, 4) is 0 Å². The minimum absolute atomic E-state index is 0.0792. The van der Waals surface area contributed by atoms with Crippen LogP contribution in [0.1, 0.15) is 85.5 Å². The van der Waals surface area contributed by atoms with Gasteiger partial charge in [-0.2, -0.15) is 0 Å². The summed E-state index contributed by atoms with van der Waals surface area (Å²) in [5.41, 5.74) is 2.58. The number of aliphatic hydroxyl groups is 1. The fourth-order valence-electron chi connectivity index (χ4n) is 10.4. The summed E-state index contributed by atoms with van der Waals surface area (Å²) in [5.74, 6) is 5.44. The van der Waals surface area contributed by atoms with Crippen LogP contribution in [0.4, 0.5) is 0 Å². The number of rotatable bonds is 0. The molecular weight excluding hydrogens is 354 g/mol. The Labute approximate surface area is 178 Å². The monoisotopic (exact) mass is 397 g/mol. The first-order valence-corrected chi connectivity index (χ1v) is 13.0. The highest BCUT2D eigenvalue weighted by Crippen LogP contribution is 2.69. The molecule has 5 fully saturated rings. The van der Waals surface area contributed by atoms with Gasteiger partial charge in [-0.3, -0.25) is 4.90 Å². The standard InChI is InChI=1S/C27H43NO/c1-16-5-8-23-17(2)25-24(28(23)15-16)14-22-20-7-6-18-13-19(29)9-11-26(18,3)21(20)10-12-27(22,25)4/h6,16-17,19-25,29H,5,7-15H2,1-4H3/t16?,17?,19-,20?,21?,22?,23?,24?,25?,26?,27?/m0/s1. The second-order valence-electron chi connectivity index (χ2n) is 12.8. The van der Waals surface area contributed by atoms with E-state index < -0.39 is 0 Å². The van der Waals surface area contributed by atoms with E-state index in [1.165, 1.54) is 51.5 Å². The van der Waals surface area contributed by atoms with Crippen LogP contribution in [0.3, 0.4) is 0 Å². The summed E-state index contributed by atoms with van der Waals surface area (Å²) in [4.78, 5) is 3.02. The smallest absolute Gasteiger partial charge is 0.0577 e. The molecule has 4 aliphatic carbocycles. The Morgan fingerprint density at radius 1 is 1.00 bits per heavy atom. The largest absolute Gasteiger partial charge is 0.393 e. The molecule has 0 amide bonds. The van der Waals surface area contributed by atoms with Gasteiger partial charge in [0.1, 0.15) is 0 Å². The van der Waals surface area contributed by atoms with E-state index in [1.807, 2.05) is 0 Å². The molecule has 10 unspecified atom stereocenters. The van der Waals surface area contributed by atoms with Gasteiger partial charge in [-0.1, -0.05) is 39.3 Å². The molecule has 162 valence electrons. The molecule has 2 nitrogen and oxygen atoms in total. The van der Waals surface area contributed by atoms with Crippen molar-refractivity contribution in [3.63, 3.8) is 0 Å². The fourth-order valence-corrected chi connectivity index (χ4v) is 10.4. The zero-order chi connectivity index (χ0) is 20.1. The van der Waals surface area contributed by atoms with E-state index in [-0.39, 0.29) is 6.10 Å². The average Bonchev–Trinajstić information content (AvgIpc) is 3.15. The van der Waals surface area contributed by atoms with Crippen LogP contribution in [0, 0.1) is 46.3 Å². The topological polar surface area (TPSA) is 23.5 Å². The number of allylic oxidation sites excluding steroid dienone is 1. The van der Waals surface area contributed by atoms with Crippen molar-refractivity contribution < 1.29 is 5.11 Å². The van der Waals surface area contributed by atoms with Crippen molar-refractivity contribution in [2.24, 2.45) is 46.3 Å². The molecule has 2 aliphatic heterocycles. The van der Waals surface area contributed by atoms with Crippen molar-refractivity contribution in [3.05, 3.63) is 11.6 Å². The lowest BCUT2D eigenvalue weighted by molar-refractivity contribution is -0.0574. The van der Waals surface area contributed by atoms with E-state index in [0.29, 0.717) is 10.8 Å². The van der Waals surface area contributed by atoms with Crippen LogP contribution in [0.2, 0.25) is 0 Å². The third kappa shape index (κ3) is 2.48. The predicted octanol–water partition coefficient (Wildman–Crippen LogP) is 5.66. The molecule has 3 saturated carbocycles. The van der Waals surface area contributed by atoms with Crippen LogP contribution in [0.25, 0.3) is 0 Å². The Morgan fingerprint density at radius 2 is 1.83 bits per heavy atom. The maximum absolute atomic E-state index is 10.3. The van der Waals surface area contributed by atoms with E-state index >= 15 is 0 Å². The average molecular weight is 398 g/mol. The van der Waals surface area contributed by atoms with Crippen LogP contribution >= 0.6 is 0 Å². The summed E-state index contributed by atoms with van der Waals surface area (Å²) >= 11 is 0. The zero-order valence-corrected chi connectivity index (χ0v) is 19.2. The Hall–Kier alpha value is -0.340. The summed E-state index contributed by atoms with van der Waals surface area (Å²) in [5, 5.41) is 10.3. The quantitative estimate of drug-likeness (QED) is 0.534. The number of hydrogen-bond acceptors (Lipinski definition) is 2. The lowest BCUT2D eigenvalue weighted by Crippen LogP contribution is -2.51. The Bertz CT molecular complexity index is 715. The summed E-state index contributed by atoms with van der Waals surface area (Å²) < 4.78 is 0. The first-order valence-electron chi connectivity index (χ1n) is 13.0. The van der Waals surface area contributed by atoms with Crippen molar-refractivity contribution in [2.75, 3.05) is 6.54 Å². The fraction of sp³-hybridized carbons (Fsp3) is 0.926. The highest BCUT2D eigenvalue weighted by molar-refractivity contribution is 5.26. The van der Waals surface area contributed by atoms with Crippen LogP contribution < -0.4 is 0 Å². The molecule has 0 radical (unpaired) electrons. The number of nitrogens with zero attached hydrogens (tertiary/aromatic N) is 1. The van der Waals surface area contributed by atoms with Gasteiger partial charge in [0, 0.05) is 18.6 Å². The van der Waals surface area contributed by atoms with Gasteiger partial charge in [0.25, 0.3) is 0 Å². The molecule has 2 heterocycles. The Kier molecular flexibility index (Phi) is 4.23. The van der Waals surface area contributed by atoms with Crippen molar-refractivity contribution >= 4 is 0 Å². The van der Waals surface area contributed by atoms with Crippen LogP contribution in [-0.4, -0.2) is 34.7 Å². The molecule has 0 aromatic carbocycles. The minimum atomic E-state index is -0.0792. The van der Waals surface area contributed by atoms with Crippen molar-refractivity contribution in [1.82, 2.24) is 4.90 Å². The highest BCUT2D eigenvalue weighted by Gasteiger charge is 2.66. The van der Waals surface area contributed by atoms with Gasteiger partial charge < -0.3 is 5.11 Å². The third-order valence-electron chi connectivity index (χ3n) is 11.7. The molecule has 0 aromatic rings. The van der Waals surface area contributed by atoms with Gasteiger partial charge >= 0.3 is 0 Å². The number of hydrogen-bond donors (Lipinski definition) is 1. The summed E-state index contributed by atoms with van der Waals surface area (Å²) in [7, 11) is 0. The molecule has 0 aromatic heterocycles. The van der Waals surface area contributed by atoms with Gasteiger partial charge in [-0.15, -0.1) is 0 Å². The summed E-state index contributed by atoms with van der Waals surface area (Å²) in [6, 6.07) is 1.75. The third-order valence-corrected chi connectivity index (χ3v) is 11.7. The molecule has 6 aliphatic rings. The molecule has 29 heavy (non-hydrogen) atoms. The minimum Gasteiger partial charge on any atom is -0.393 e. The van der Waals surface area contributed by atoms with E-state index in [0.717, 1.165) is 60.4 Å². The Balaban J connectivity index is 1.33. The van der Waals surface area contributed by atoms with Crippen molar-refractivity contribution in [2.45, 2.75) is 104 Å². The normalized spacial score (nSPS) is 59.2. The predicted molar refractivity (Wildman–Crippen MR) is 118 cm³/mol. The van der Waals surface area contributed by atoms with Gasteiger partial charge in [0.15, 0.2) is 0 Å². The first-order chi connectivity index (χ1) is 13.8. The molecule has 2 saturated heterocycles. The number of aliphatic hydroxyl groups excluding tert-OH is 1. The lowest BCUT2D eigenvalue weighted by Gasteiger charge is -2.58. The van der Waals surface area contributed by atoms with Crippen LogP contribution in [0.15, 0.2) is 11.6 Å². The van der Waals surface area contributed by atoms with Gasteiger partial charge in [-0.05, 0) is 104 Å². The summed E-state index contributed by atoms with van der Waals surface area (Å²) in [6.07, 6.45) is 14.3. The van der Waals surface area contributed by atoms with E-state index in [2.05, 4.69) is 38.7 Å². The molecule has 1 N–H and O–H groups in total. The van der Waals surface area contributed by atoms with E-state index in [1.54, 1.807) is 5.57 Å². The molecule has 6 rings (SSSR count). The lowest BCUT2D eigenvalue weighted by atomic mass is 9.47. The van der Waals surface area contributed by atoms with Crippen LogP contribution in [-0.2, 0) is 0 Å². The van der Waals surface area contributed by atoms with E-state index in [4.69, 9.17) is 0 Å². The second kappa shape index (κ2) is 6.35. The second-order valence-corrected chi connectivity index (χ2v) is 12.8. The SMILES string of the molecule is CC1CCC2C(C)C3C(CC4C5CC=C6C[C@@H](O)CCC6(C)C5CCC43C)N2C1. The molecule has 0 bridgehead atoms. The summed E-state index contributed by atoms with van der Waals surface area (Å²) in [6.45, 7) is 11.8. The van der Waals surface area contributed by atoms with Gasteiger partial charge in [-0.25, -0.2) is 0 Å². The maximum Gasteiger partial charge on any atom is 0.0577 e. The van der Waals surface area contributed by atoms with Crippen LogP contribution in [0.5, 0.6) is 0 Å². The number of piperidine rings is 1. The molecule has 11 atom stereocenters.